The molecule has 1 saturated carbocycles. The van der Waals surface area contributed by atoms with Crippen molar-refractivity contribution in [2.24, 2.45) is 0 Å². The average molecular weight is 294 g/mol. The summed E-state index contributed by atoms with van der Waals surface area (Å²) < 4.78 is 0. The maximum Gasteiger partial charge on any atom is 0.342 e. The lowest BCUT2D eigenvalue weighted by molar-refractivity contribution is -0.384. The summed E-state index contributed by atoms with van der Waals surface area (Å²) in [7, 11) is 0. The van der Waals surface area contributed by atoms with E-state index in [1.807, 2.05) is 0 Å². The largest absolute Gasteiger partial charge is 0.477 e. The second kappa shape index (κ2) is 6.53. The van der Waals surface area contributed by atoms with E-state index >= 15 is 0 Å². The molecule has 0 saturated heterocycles. The van der Waals surface area contributed by atoms with E-state index in [-0.39, 0.29) is 30.4 Å². The molecule has 1 fully saturated rings. The van der Waals surface area contributed by atoms with Crippen LogP contribution in [0, 0.1) is 10.1 Å². The highest BCUT2D eigenvalue weighted by molar-refractivity contribution is 5.95. The van der Waals surface area contributed by atoms with Gasteiger partial charge in [-0.1, -0.05) is 18.9 Å². The maximum absolute atomic E-state index is 11.3. The third kappa shape index (κ3) is 3.13. The van der Waals surface area contributed by atoms with Gasteiger partial charge in [-0.15, -0.1) is 0 Å². The lowest BCUT2D eigenvalue weighted by Crippen LogP contribution is -2.36. The number of carboxylic acids is 1. The molecule has 1 aromatic rings. The number of nitro groups is 1. The maximum atomic E-state index is 11.3. The lowest BCUT2D eigenvalue weighted by Gasteiger charge is -2.30. The molecule has 0 bridgehead atoms. The minimum atomic E-state index is -1.32. The number of aliphatic hydroxyl groups is 1. The molecule has 1 aromatic carbocycles. The van der Waals surface area contributed by atoms with Crippen molar-refractivity contribution >= 4 is 17.3 Å². The van der Waals surface area contributed by atoms with Gasteiger partial charge in [0.15, 0.2) is 0 Å². The van der Waals surface area contributed by atoms with Crippen LogP contribution in [0.5, 0.6) is 0 Å². The van der Waals surface area contributed by atoms with Gasteiger partial charge in [0.25, 0.3) is 0 Å². The summed E-state index contributed by atoms with van der Waals surface area (Å²) in [6.07, 6.45) is 3.88. The molecule has 0 aliphatic heterocycles. The zero-order chi connectivity index (χ0) is 15.4. The fourth-order valence-electron chi connectivity index (χ4n) is 2.95. The third-order valence-electron chi connectivity index (χ3n) is 3.84. The normalized spacial score (nSPS) is 15.1. The summed E-state index contributed by atoms with van der Waals surface area (Å²) >= 11 is 0. The number of hydrogen-bond donors (Lipinski definition) is 2. The highest BCUT2D eigenvalue weighted by Crippen LogP contribution is 2.36. The molecule has 21 heavy (non-hydrogen) atoms. The topological polar surface area (TPSA) is 104 Å². The van der Waals surface area contributed by atoms with Crippen LogP contribution >= 0.6 is 0 Å². The number of aliphatic hydroxyl groups excluding tert-OH is 1. The number of benzene rings is 1. The first-order chi connectivity index (χ1) is 10.1. The molecule has 7 nitrogen and oxygen atoms in total. The monoisotopic (exact) mass is 294 g/mol. The van der Waals surface area contributed by atoms with Crippen molar-refractivity contribution in [2.75, 3.05) is 18.1 Å². The lowest BCUT2D eigenvalue weighted by atomic mass is 10.1. The molecule has 7 heteroatoms. The van der Waals surface area contributed by atoms with Gasteiger partial charge >= 0.3 is 11.7 Å². The number of anilines is 1. The van der Waals surface area contributed by atoms with Gasteiger partial charge in [-0.25, -0.2) is 4.79 Å². The van der Waals surface area contributed by atoms with Gasteiger partial charge in [0.05, 0.1) is 11.5 Å². The molecule has 2 rings (SSSR count). The summed E-state index contributed by atoms with van der Waals surface area (Å²) in [4.78, 5) is 23.7. The Morgan fingerprint density at radius 1 is 1.38 bits per heavy atom. The van der Waals surface area contributed by atoms with E-state index in [2.05, 4.69) is 0 Å². The van der Waals surface area contributed by atoms with Crippen molar-refractivity contribution in [1.82, 2.24) is 0 Å². The Hall–Kier alpha value is -2.15. The van der Waals surface area contributed by atoms with E-state index in [9.17, 15) is 20.0 Å². The Morgan fingerprint density at radius 3 is 2.57 bits per heavy atom. The molecule has 114 valence electrons. The Balaban J connectivity index is 2.50. The number of nitro benzene ring substituents is 1. The first-order valence-electron chi connectivity index (χ1n) is 6.94. The van der Waals surface area contributed by atoms with Gasteiger partial charge in [0, 0.05) is 12.6 Å². The van der Waals surface area contributed by atoms with E-state index in [0.29, 0.717) is 0 Å². The van der Waals surface area contributed by atoms with Gasteiger partial charge < -0.3 is 15.1 Å². The molecule has 0 unspecified atom stereocenters. The zero-order valence-electron chi connectivity index (χ0n) is 11.6. The fraction of sp³-hybridized carbons (Fsp3) is 0.500. The number of aromatic carboxylic acids is 1. The number of nitrogens with zero attached hydrogens (tertiary/aromatic N) is 2. The number of carboxylic acid groups (broad SMARTS) is 1. The number of rotatable bonds is 6. The SMILES string of the molecule is O=C(O)c1cccc(N(CCO)C2CCCC2)c1[N+](=O)[O-]. The van der Waals surface area contributed by atoms with Crippen LogP contribution in [-0.4, -0.2) is 40.3 Å². The van der Waals surface area contributed by atoms with Crippen LogP contribution in [0.3, 0.4) is 0 Å². The second-order valence-corrected chi connectivity index (χ2v) is 5.09. The van der Waals surface area contributed by atoms with Gasteiger partial charge in [0.1, 0.15) is 11.3 Å². The summed E-state index contributed by atoms with van der Waals surface area (Å²) in [6.45, 7) is 0.125. The van der Waals surface area contributed by atoms with Crippen molar-refractivity contribution in [3.8, 4) is 0 Å². The van der Waals surface area contributed by atoms with Crippen molar-refractivity contribution in [2.45, 2.75) is 31.7 Å². The van der Waals surface area contributed by atoms with E-state index in [1.54, 1.807) is 11.0 Å². The Morgan fingerprint density at radius 2 is 2.05 bits per heavy atom. The van der Waals surface area contributed by atoms with Crippen molar-refractivity contribution in [3.05, 3.63) is 33.9 Å². The number of carbonyl (C=O) groups is 1. The molecule has 1 aliphatic carbocycles. The summed E-state index contributed by atoms with van der Waals surface area (Å²) in [6, 6.07) is 4.40. The predicted molar refractivity (Wildman–Crippen MR) is 76.7 cm³/mol. The van der Waals surface area contributed by atoms with Gasteiger partial charge in [-0.3, -0.25) is 10.1 Å². The smallest absolute Gasteiger partial charge is 0.342 e. The van der Waals surface area contributed by atoms with E-state index in [4.69, 9.17) is 5.11 Å². The Bertz CT molecular complexity index is 540. The molecule has 0 heterocycles. The molecule has 1 aliphatic rings. The van der Waals surface area contributed by atoms with Gasteiger partial charge in [0.2, 0.25) is 0 Å². The summed E-state index contributed by atoms with van der Waals surface area (Å²) in [5.41, 5.74) is -0.440. The van der Waals surface area contributed by atoms with Crippen LogP contribution in [0.4, 0.5) is 11.4 Å². The molecule has 0 radical (unpaired) electrons. The van der Waals surface area contributed by atoms with E-state index < -0.39 is 16.6 Å². The minimum absolute atomic E-state index is 0.111. The molecule has 0 aromatic heterocycles. The molecular weight excluding hydrogens is 276 g/mol. The highest BCUT2D eigenvalue weighted by Gasteiger charge is 2.31. The predicted octanol–water partition coefficient (Wildman–Crippen LogP) is 2.03. The Kier molecular flexibility index (Phi) is 4.74. The number of para-hydroxylation sites is 1. The molecule has 2 N–H and O–H groups in total. The average Bonchev–Trinajstić information content (AvgIpc) is 2.97. The summed E-state index contributed by atoms with van der Waals surface area (Å²) in [5.74, 6) is -1.32. The second-order valence-electron chi connectivity index (χ2n) is 5.09. The van der Waals surface area contributed by atoms with Crippen LogP contribution in [0.2, 0.25) is 0 Å². The van der Waals surface area contributed by atoms with Crippen LogP contribution in [0.25, 0.3) is 0 Å². The van der Waals surface area contributed by atoms with Gasteiger partial charge in [-0.2, -0.15) is 0 Å². The molecule has 0 atom stereocenters. The number of hydrogen-bond acceptors (Lipinski definition) is 5. The van der Waals surface area contributed by atoms with Crippen LogP contribution in [0.1, 0.15) is 36.0 Å². The molecule has 0 amide bonds. The van der Waals surface area contributed by atoms with Crippen LogP contribution in [0.15, 0.2) is 18.2 Å². The van der Waals surface area contributed by atoms with Crippen molar-refractivity contribution in [1.29, 1.82) is 0 Å². The first-order valence-corrected chi connectivity index (χ1v) is 6.94. The standard InChI is InChI=1S/C14H18N2O5/c17-9-8-15(10-4-1-2-5-10)12-7-3-6-11(14(18)19)13(12)16(20)21/h3,6-7,10,17H,1-2,4-5,8-9H2,(H,18,19). The van der Waals surface area contributed by atoms with E-state index in [1.165, 1.54) is 12.1 Å². The zero-order valence-corrected chi connectivity index (χ0v) is 11.6. The van der Waals surface area contributed by atoms with Crippen LogP contribution in [-0.2, 0) is 0 Å². The fourth-order valence-corrected chi connectivity index (χ4v) is 2.95. The summed E-state index contributed by atoms with van der Waals surface area (Å²) in [5, 5.41) is 29.7. The van der Waals surface area contributed by atoms with Crippen molar-refractivity contribution < 1.29 is 19.9 Å². The highest BCUT2D eigenvalue weighted by atomic mass is 16.6. The third-order valence-corrected chi connectivity index (χ3v) is 3.84. The van der Waals surface area contributed by atoms with Crippen molar-refractivity contribution in [3.63, 3.8) is 0 Å². The minimum Gasteiger partial charge on any atom is -0.477 e. The Labute approximate surface area is 122 Å². The van der Waals surface area contributed by atoms with Gasteiger partial charge in [-0.05, 0) is 25.0 Å². The first kappa shape index (κ1) is 15.2. The molecular formula is C14H18N2O5. The quantitative estimate of drug-likeness (QED) is 0.614. The molecule has 0 spiro atoms. The van der Waals surface area contributed by atoms with E-state index in [0.717, 1.165) is 25.7 Å². The van der Waals surface area contributed by atoms with Crippen LogP contribution < -0.4 is 4.90 Å².